The molecule has 0 spiro atoms. The van der Waals surface area contributed by atoms with Gasteiger partial charge in [-0.15, -0.1) is 0 Å². The minimum atomic E-state index is 0.853. The van der Waals surface area contributed by atoms with Crippen molar-refractivity contribution in [2.45, 2.75) is 0 Å². The molecule has 0 aliphatic heterocycles. The van der Waals surface area contributed by atoms with E-state index in [9.17, 15) is 0 Å². The SMILES string of the molecule is c1ccc(-c2ccc(-c3ccc(Nc4ccc(-c5ccc(Nc6ccc(-c7ccc(-c8ccccc8)o7)cc6)cc5)cc4)cc3)o2)cc1. The molecule has 2 N–H and O–H groups in total. The van der Waals surface area contributed by atoms with E-state index in [1.807, 2.05) is 60.7 Å². The van der Waals surface area contributed by atoms with Crippen molar-refractivity contribution < 1.29 is 8.83 Å². The van der Waals surface area contributed by atoms with Gasteiger partial charge < -0.3 is 19.5 Å². The molecule has 4 nitrogen and oxygen atoms in total. The molecule has 0 aliphatic rings. The van der Waals surface area contributed by atoms with Crippen LogP contribution in [0.4, 0.5) is 22.7 Å². The highest BCUT2D eigenvalue weighted by Crippen LogP contribution is 2.32. The van der Waals surface area contributed by atoms with Crippen molar-refractivity contribution in [2.75, 3.05) is 10.6 Å². The van der Waals surface area contributed by atoms with Crippen LogP contribution < -0.4 is 10.6 Å². The highest BCUT2D eigenvalue weighted by Gasteiger charge is 2.09. The molecule has 0 atom stereocenters. The van der Waals surface area contributed by atoms with Crippen molar-refractivity contribution >= 4 is 22.7 Å². The zero-order chi connectivity index (χ0) is 32.1. The van der Waals surface area contributed by atoms with Crippen LogP contribution in [0.25, 0.3) is 56.4 Å². The Labute approximate surface area is 280 Å². The van der Waals surface area contributed by atoms with E-state index in [-0.39, 0.29) is 0 Å². The largest absolute Gasteiger partial charge is 0.456 e. The number of benzene rings is 6. The van der Waals surface area contributed by atoms with Crippen molar-refractivity contribution in [1.29, 1.82) is 0 Å². The van der Waals surface area contributed by atoms with Crippen LogP contribution in [0.2, 0.25) is 0 Å². The molecule has 230 valence electrons. The Kier molecular flexibility index (Phi) is 7.87. The average molecular weight is 621 g/mol. The quantitative estimate of drug-likeness (QED) is 0.169. The molecular weight excluding hydrogens is 588 g/mol. The van der Waals surface area contributed by atoms with Crippen molar-refractivity contribution in [1.82, 2.24) is 0 Å². The van der Waals surface area contributed by atoms with E-state index < -0.39 is 0 Å². The molecule has 0 fully saturated rings. The van der Waals surface area contributed by atoms with Gasteiger partial charge in [-0.05, 0) is 108 Å². The van der Waals surface area contributed by atoms with Gasteiger partial charge in [-0.25, -0.2) is 0 Å². The summed E-state index contributed by atoms with van der Waals surface area (Å²) in [5, 5.41) is 7.01. The van der Waals surface area contributed by atoms with E-state index in [2.05, 4.69) is 132 Å². The predicted octanol–water partition coefficient (Wildman–Crippen LogP) is 12.7. The molecule has 6 aromatic carbocycles. The van der Waals surface area contributed by atoms with Gasteiger partial charge in [0.25, 0.3) is 0 Å². The van der Waals surface area contributed by atoms with E-state index in [0.717, 1.165) is 79.2 Å². The molecule has 0 saturated carbocycles. The van der Waals surface area contributed by atoms with Gasteiger partial charge in [0.1, 0.15) is 23.0 Å². The molecule has 4 heteroatoms. The first kappa shape index (κ1) is 28.9. The summed E-state index contributed by atoms with van der Waals surface area (Å²) in [6.45, 7) is 0. The second-order valence-corrected chi connectivity index (χ2v) is 11.6. The van der Waals surface area contributed by atoms with Crippen molar-refractivity contribution in [3.8, 4) is 56.4 Å². The van der Waals surface area contributed by atoms with Gasteiger partial charge in [0.2, 0.25) is 0 Å². The lowest BCUT2D eigenvalue weighted by molar-refractivity contribution is 0.597. The molecule has 0 amide bonds. The average Bonchev–Trinajstić information content (AvgIpc) is 3.86. The number of anilines is 4. The van der Waals surface area contributed by atoms with Crippen molar-refractivity contribution in [3.05, 3.63) is 182 Å². The Balaban J connectivity index is 0.871. The van der Waals surface area contributed by atoms with Crippen molar-refractivity contribution in [3.63, 3.8) is 0 Å². The van der Waals surface area contributed by atoms with Gasteiger partial charge in [-0.1, -0.05) is 84.9 Å². The van der Waals surface area contributed by atoms with E-state index in [1.54, 1.807) is 0 Å². The fourth-order valence-corrected chi connectivity index (χ4v) is 5.76. The molecule has 0 saturated heterocycles. The Hall–Kier alpha value is -6.52. The molecule has 48 heavy (non-hydrogen) atoms. The summed E-state index contributed by atoms with van der Waals surface area (Å²) in [6, 6.07) is 62.0. The minimum Gasteiger partial charge on any atom is -0.456 e. The Morgan fingerprint density at radius 2 is 0.479 bits per heavy atom. The molecule has 0 aliphatic carbocycles. The van der Waals surface area contributed by atoms with Gasteiger partial charge in [0.05, 0.1) is 0 Å². The zero-order valence-corrected chi connectivity index (χ0v) is 26.1. The maximum Gasteiger partial charge on any atom is 0.134 e. The molecule has 2 aromatic heterocycles. The molecular formula is C44H32N2O2. The van der Waals surface area contributed by atoms with E-state index in [0.29, 0.717) is 0 Å². The normalized spacial score (nSPS) is 10.9. The Morgan fingerprint density at radius 3 is 0.771 bits per heavy atom. The van der Waals surface area contributed by atoms with Crippen molar-refractivity contribution in [2.24, 2.45) is 0 Å². The first-order valence-electron chi connectivity index (χ1n) is 16.0. The van der Waals surface area contributed by atoms with Crippen LogP contribution in [0.15, 0.2) is 191 Å². The predicted molar refractivity (Wildman–Crippen MR) is 198 cm³/mol. The summed E-state index contributed by atoms with van der Waals surface area (Å²) in [5.41, 5.74) is 10.6. The number of furan rings is 2. The summed E-state index contributed by atoms with van der Waals surface area (Å²) >= 11 is 0. The van der Waals surface area contributed by atoms with Crippen LogP contribution >= 0.6 is 0 Å². The second kappa shape index (κ2) is 13.1. The molecule has 8 rings (SSSR count). The van der Waals surface area contributed by atoms with E-state index in [4.69, 9.17) is 8.83 Å². The van der Waals surface area contributed by atoms with Gasteiger partial charge in [0, 0.05) is 45.0 Å². The summed E-state index contributed by atoms with van der Waals surface area (Å²) in [7, 11) is 0. The smallest absolute Gasteiger partial charge is 0.134 e. The van der Waals surface area contributed by atoms with Crippen LogP contribution in [0.1, 0.15) is 0 Å². The van der Waals surface area contributed by atoms with Crippen LogP contribution in [-0.2, 0) is 0 Å². The van der Waals surface area contributed by atoms with Crippen LogP contribution in [0.5, 0.6) is 0 Å². The van der Waals surface area contributed by atoms with Crippen LogP contribution in [-0.4, -0.2) is 0 Å². The van der Waals surface area contributed by atoms with Gasteiger partial charge in [-0.2, -0.15) is 0 Å². The Morgan fingerprint density at radius 1 is 0.229 bits per heavy atom. The van der Waals surface area contributed by atoms with E-state index >= 15 is 0 Å². The zero-order valence-electron chi connectivity index (χ0n) is 26.1. The maximum absolute atomic E-state index is 6.11. The van der Waals surface area contributed by atoms with E-state index in [1.165, 1.54) is 0 Å². The maximum atomic E-state index is 6.11. The standard InChI is InChI=1S/C44H32N2O2/c1-3-7-33(8-4-1)41-27-29-43(47-41)35-15-23-39(24-16-35)45-37-19-11-31(12-20-37)32-13-21-38(22-14-32)46-40-25-17-36(18-26-40)44-30-28-42(48-44)34-9-5-2-6-10-34/h1-30,45-46H. The Bertz CT molecular complexity index is 2070. The summed E-state index contributed by atoms with van der Waals surface area (Å²) in [5.74, 6) is 3.44. The second-order valence-electron chi connectivity index (χ2n) is 11.6. The number of hydrogen-bond acceptors (Lipinski definition) is 4. The molecule has 8 aromatic rings. The first-order valence-corrected chi connectivity index (χ1v) is 16.0. The topological polar surface area (TPSA) is 50.3 Å². The van der Waals surface area contributed by atoms with Gasteiger partial charge in [-0.3, -0.25) is 0 Å². The lowest BCUT2D eigenvalue weighted by Crippen LogP contribution is -1.91. The summed E-state index contributed by atoms with van der Waals surface area (Å²) in [4.78, 5) is 0. The lowest BCUT2D eigenvalue weighted by Gasteiger charge is -2.10. The third-order valence-electron chi connectivity index (χ3n) is 8.35. The molecule has 0 bridgehead atoms. The van der Waals surface area contributed by atoms with Gasteiger partial charge >= 0.3 is 0 Å². The minimum absolute atomic E-state index is 0.853. The van der Waals surface area contributed by atoms with Crippen LogP contribution in [0.3, 0.4) is 0 Å². The lowest BCUT2D eigenvalue weighted by atomic mass is 10.0. The highest BCUT2D eigenvalue weighted by atomic mass is 16.3. The van der Waals surface area contributed by atoms with Crippen LogP contribution in [0, 0.1) is 0 Å². The third-order valence-corrected chi connectivity index (χ3v) is 8.35. The molecule has 2 heterocycles. The highest BCUT2D eigenvalue weighted by molar-refractivity contribution is 5.73. The number of hydrogen-bond donors (Lipinski definition) is 2. The fraction of sp³-hybridized carbons (Fsp3) is 0. The number of rotatable bonds is 9. The molecule has 0 radical (unpaired) electrons. The molecule has 0 unspecified atom stereocenters. The fourth-order valence-electron chi connectivity index (χ4n) is 5.76. The third kappa shape index (κ3) is 6.41. The monoisotopic (exact) mass is 620 g/mol. The van der Waals surface area contributed by atoms with Gasteiger partial charge in [0.15, 0.2) is 0 Å². The number of nitrogens with one attached hydrogen (secondary N) is 2. The summed E-state index contributed by atoms with van der Waals surface area (Å²) < 4.78 is 12.2. The first-order chi connectivity index (χ1) is 23.7. The summed E-state index contributed by atoms with van der Waals surface area (Å²) in [6.07, 6.45) is 0.